The van der Waals surface area contributed by atoms with E-state index in [2.05, 4.69) is 10.6 Å². The average molecular weight is 316 g/mol. The molecule has 3 rings (SSSR count). The fourth-order valence-electron chi connectivity index (χ4n) is 2.51. The lowest BCUT2D eigenvalue weighted by Gasteiger charge is -2.16. The average Bonchev–Trinajstić information content (AvgIpc) is 3.16. The monoisotopic (exact) mass is 316 g/mol. The van der Waals surface area contributed by atoms with Crippen LogP contribution in [0.2, 0.25) is 0 Å². The molecule has 2 aromatic rings. The van der Waals surface area contributed by atoms with E-state index in [4.69, 9.17) is 4.42 Å². The van der Waals surface area contributed by atoms with Crippen LogP contribution in [-0.2, 0) is 21.5 Å². The molecule has 1 aromatic heterocycles. The predicted molar refractivity (Wildman–Crippen MR) is 80.9 cm³/mol. The summed E-state index contributed by atoms with van der Waals surface area (Å²) in [6.45, 7) is 0.536. The SMILES string of the molecule is O=C(NCc1ccco1)C(=O)NCC1(c2ccc(F)cc2)CC1. The van der Waals surface area contributed by atoms with Gasteiger partial charge in [0, 0.05) is 12.0 Å². The molecule has 1 aliphatic rings. The van der Waals surface area contributed by atoms with Gasteiger partial charge >= 0.3 is 11.8 Å². The highest BCUT2D eigenvalue weighted by atomic mass is 19.1. The highest BCUT2D eigenvalue weighted by Crippen LogP contribution is 2.47. The van der Waals surface area contributed by atoms with E-state index < -0.39 is 11.8 Å². The Labute approximate surface area is 132 Å². The Morgan fingerprint density at radius 1 is 1.09 bits per heavy atom. The molecule has 0 bridgehead atoms. The van der Waals surface area contributed by atoms with Crippen molar-refractivity contribution >= 4 is 11.8 Å². The van der Waals surface area contributed by atoms with Crippen LogP contribution in [0, 0.1) is 5.82 Å². The van der Waals surface area contributed by atoms with Crippen molar-refractivity contribution in [3.63, 3.8) is 0 Å². The van der Waals surface area contributed by atoms with Gasteiger partial charge in [-0.15, -0.1) is 0 Å². The van der Waals surface area contributed by atoms with Gasteiger partial charge in [0.25, 0.3) is 0 Å². The minimum Gasteiger partial charge on any atom is -0.467 e. The number of amides is 2. The maximum atomic E-state index is 13.0. The Morgan fingerprint density at radius 2 is 1.78 bits per heavy atom. The summed E-state index contributed by atoms with van der Waals surface area (Å²) in [7, 11) is 0. The molecule has 1 aliphatic carbocycles. The van der Waals surface area contributed by atoms with Crippen molar-refractivity contribution in [1.29, 1.82) is 0 Å². The molecule has 1 saturated carbocycles. The summed E-state index contributed by atoms with van der Waals surface area (Å²) in [5.41, 5.74) is 0.806. The third-order valence-electron chi connectivity index (χ3n) is 4.11. The van der Waals surface area contributed by atoms with Crippen LogP contribution >= 0.6 is 0 Å². The van der Waals surface area contributed by atoms with Gasteiger partial charge in [0.15, 0.2) is 0 Å². The van der Waals surface area contributed by atoms with Gasteiger partial charge in [-0.2, -0.15) is 0 Å². The fourth-order valence-corrected chi connectivity index (χ4v) is 2.51. The molecule has 23 heavy (non-hydrogen) atoms. The first-order valence-corrected chi connectivity index (χ1v) is 7.44. The summed E-state index contributed by atoms with van der Waals surface area (Å²) >= 11 is 0. The van der Waals surface area contributed by atoms with E-state index >= 15 is 0 Å². The van der Waals surface area contributed by atoms with Crippen LogP contribution in [0.1, 0.15) is 24.2 Å². The molecule has 120 valence electrons. The Hall–Kier alpha value is -2.63. The number of hydrogen-bond acceptors (Lipinski definition) is 3. The number of carbonyl (C=O) groups is 2. The van der Waals surface area contributed by atoms with Crippen molar-refractivity contribution in [1.82, 2.24) is 10.6 Å². The van der Waals surface area contributed by atoms with Crippen LogP contribution in [0.25, 0.3) is 0 Å². The maximum absolute atomic E-state index is 13.0. The van der Waals surface area contributed by atoms with Crippen LogP contribution in [0.15, 0.2) is 47.1 Å². The first kappa shape index (κ1) is 15.3. The fraction of sp³-hybridized carbons (Fsp3) is 0.294. The molecule has 0 radical (unpaired) electrons. The molecule has 2 amide bonds. The molecule has 1 heterocycles. The van der Waals surface area contributed by atoms with Crippen LogP contribution in [0.3, 0.4) is 0 Å². The van der Waals surface area contributed by atoms with Gasteiger partial charge in [-0.25, -0.2) is 4.39 Å². The van der Waals surface area contributed by atoms with Crippen molar-refractivity contribution in [3.05, 3.63) is 59.8 Å². The molecule has 0 unspecified atom stereocenters. The van der Waals surface area contributed by atoms with Crippen LogP contribution in [0.5, 0.6) is 0 Å². The van der Waals surface area contributed by atoms with Crippen molar-refractivity contribution in [2.24, 2.45) is 0 Å². The minimum absolute atomic E-state index is 0.169. The third-order valence-corrected chi connectivity index (χ3v) is 4.11. The van der Waals surface area contributed by atoms with Crippen molar-refractivity contribution in [2.75, 3.05) is 6.54 Å². The molecule has 1 aromatic carbocycles. The third kappa shape index (κ3) is 3.59. The van der Waals surface area contributed by atoms with Gasteiger partial charge < -0.3 is 15.1 Å². The zero-order valence-corrected chi connectivity index (χ0v) is 12.5. The number of benzene rings is 1. The summed E-state index contributed by atoms with van der Waals surface area (Å²) in [5, 5.41) is 5.15. The first-order chi connectivity index (χ1) is 11.1. The van der Waals surface area contributed by atoms with E-state index in [9.17, 15) is 14.0 Å². The van der Waals surface area contributed by atoms with E-state index in [0.717, 1.165) is 18.4 Å². The van der Waals surface area contributed by atoms with Crippen molar-refractivity contribution in [3.8, 4) is 0 Å². The molecule has 5 nitrogen and oxygen atoms in total. The summed E-state index contributed by atoms with van der Waals surface area (Å²) in [5.74, 6) is -1.08. The Morgan fingerprint density at radius 3 is 2.39 bits per heavy atom. The molecule has 0 atom stereocenters. The maximum Gasteiger partial charge on any atom is 0.309 e. The van der Waals surface area contributed by atoms with Gasteiger partial charge in [0.05, 0.1) is 12.8 Å². The first-order valence-electron chi connectivity index (χ1n) is 7.44. The zero-order chi connectivity index (χ0) is 16.3. The van der Waals surface area contributed by atoms with Gasteiger partial charge in [-0.05, 0) is 42.7 Å². The quantitative estimate of drug-likeness (QED) is 0.828. The number of hydrogen-bond donors (Lipinski definition) is 2. The molecular formula is C17H17FN2O3. The topological polar surface area (TPSA) is 71.3 Å². The Balaban J connectivity index is 1.50. The summed E-state index contributed by atoms with van der Waals surface area (Å²) in [4.78, 5) is 23.6. The Bertz CT molecular complexity index is 691. The van der Waals surface area contributed by atoms with Crippen LogP contribution in [0.4, 0.5) is 4.39 Å². The second-order valence-electron chi connectivity index (χ2n) is 5.73. The summed E-state index contributed by atoms with van der Waals surface area (Å²) in [6.07, 6.45) is 3.32. The highest BCUT2D eigenvalue weighted by molar-refractivity contribution is 6.35. The predicted octanol–water partition coefficient (Wildman–Crippen LogP) is 1.88. The molecule has 0 saturated heterocycles. The van der Waals surface area contributed by atoms with Gasteiger partial charge in [0.2, 0.25) is 0 Å². The van der Waals surface area contributed by atoms with Crippen LogP contribution in [-0.4, -0.2) is 18.4 Å². The lowest BCUT2D eigenvalue weighted by molar-refractivity contribution is -0.139. The lowest BCUT2D eigenvalue weighted by atomic mass is 9.96. The highest BCUT2D eigenvalue weighted by Gasteiger charge is 2.44. The zero-order valence-electron chi connectivity index (χ0n) is 12.5. The van der Waals surface area contributed by atoms with E-state index in [1.807, 2.05) is 0 Å². The number of rotatable bonds is 5. The van der Waals surface area contributed by atoms with Crippen LogP contribution < -0.4 is 10.6 Å². The van der Waals surface area contributed by atoms with Crippen molar-refractivity contribution < 1.29 is 18.4 Å². The number of furan rings is 1. The van der Waals surface area contributed by atoms with Gasteiger partial charge in [0.1, 0.15) is 11.6 Å². The summed E-state index contributed by atoms with van der Waals surface area (Å²) < 4.78 is 18.1. The number of nitrogens with one attached hydrogen (secondary N) is 2. The minimum atomic E-state index is -0.698. The molecule has 0 aliphatic heterocycles. The van der Waals surface area contributed by atoms with E-state index in [-0.39, 0.29) is 17.8 Å². The van der Waals surface area contributed by atoms with Gasteiger partial charge in [-0.1, -0.05) is 12.1 Å². The second kappa shape index (κ2) is 6.24. The van der Waals surface area contributed by atoms with E-state index in [1.54, 1.807) is 24.3 Å². The second-order valence-corrected chi connectivity index (χ2v) is 5.73. The van der Waals surface area contributed by atoms with Gasteiger partial charge in [-0.3, -0.25) is 9.59 Å². The lowest BCUT2D eigenvalue weighted by Crippen LogP contribution is -2.42. The van der Waals surface area contributed by atoms with E-state index in [1.165, 1.54) is 18.4 Å². The molecule has 1 fully saturated rings. The standard InChI is InChI=1S/C17H17FN2O3/c18-13-5-3-12(4-6-13)17(7-8-17)11-20-16(22)15(21)19-10-14-2-1-9-23-14/h1-6,9H,7-8,10-11H2,(H,19,21)(H,20,22). The molecule has 2 N–H and O–H groups in total. The van der Waals surface area contributed by atoms with E-state index in [0.29, 0.717) is 12.3 Å². The number of halogens is 1. The van der Waals surface area contributed by atoms with Crippen molar-refractivity contribution in [2.45, 2.75) is 24.8 Å². The Kier molecular flexibility index (Phi) is 4.14. The number of carbonyl (C=O) groups excluding carboxylic acids is 2. The molecule has 6 heteroatoms. The summed E-state index contributed by atoms with van der Waals surface area (Å²) in [6, 6.07) is 9.70. The smallest absolute Gasteiger partial charge is 0.309 e. The molecular weight excluding hydrogens is 299 g/mol. The largest absolute Gasteiger partial charge is 0.467 e. The normalized spacial score (nSPS) is 15.0. The molecule has 0 spiro atoms.